The molecule has 3 N–H and O–H groups in total. The van der Waals surface area contributed by atoms with Gasteiger partial charge < -0.3 is 10.6 Å². The van der Waals surface area contributed by atoms with Crippen LogP contribution < -0.4 is 10.6 Å². The van der Waals surface area contributed by atoms with Gasteiger partial charge in [0.1, 0.15) is 0 Å². The Kier molecular flexibility index (Phi) is 4.87. The van der Waals surface area contributed by atoms with Gasteiger partial charge in [0, 0.05) is 17.2 Å². The Morgan fingerprint density at radius 1 is 1.33 bits per heavy atom. The Hall–Kier alpha value is -1.99. The number of benzene rings is 1. The van der Waals surface area contributed by atoms with Crippen LogP contribution in [0.5, 0.6) is 0 Å². The van der Waals surface area contributed by atoms with E-state index in [1.807, 2.05) is 31.2 Å². The molecule has 0 bridgehead atoms. The van der Waals surface area contributed by atoms with Crippen molar-refractivity contribution in [2.45, 2.75) is 6.92 Å². The number of tetrazole rings is 1. The molecule has 7 nitrogen and oxygen atoms in total. The van der Waals surface area contributed by atoms with E-state index in [2.05, 4.69) is 31.3 Å². The molecule has 0 spiro atoms. The molecule has 1 unspecified atom stereocenters. The number of aromatic amines is 1. The number of hydrogen-bond donors (Lipinski definition) is 3. The monoisotopic (exact) mass is 308 g/mol. The van der Waals surface area contributed by atoms with Crippen molar-refractivity contribution in [1.82, 2.24) is 25.9 Å². The summed E-state index contributed by atoms with van der Waals surface area (Å²) in [7, 11) is 0. The van der Waals surface area contributed by atoms with Gasteiger partial charge in [0.2, 0.25) is 11.7 Å². The molecule has 0 radical (unpaired) electrons. The third kappa shape index (κ3) is 3.37. The minimum atomic E-state index is 0. The predicted octanol–water partition coefficient (Wildman–Crippen LogP) is 1.08. The molecule has 1 aliphatic rings. The van der Waals surface area contributed by atoms with E-state index in [1.165, 1.54) is 0 Å². The molecule has 1 aliphatic heterocycles. The van der Waals surface area contributed by atoms with E-state index in [1.54, 1.807) is 0 Å². The van der Waals surface area contributed by atoms with Crippen molar-refractivity contribution in [3.8, 4) is 11.4 Å². The minimum Gasteiger partial charge on any atom is -0.326 e. The van der Waals surface area contributed by atoms with E-state index < -0.39 is 0 Å². The number of hydrogen-bond acceptors (Lipinski definition) is 5. The number of H-pyrrole nitrogens is 1. The van der Waals surface area contributed by atoms with Crippen LogP contribution in [0.2, 0.25) is 0 Å². The standard InChI is InChI=1S/C13H16N6O.ClH/c1-8(10-6-14-7-10)13(20)15-11-4-2-9(3-5-11)12-16-18-19-17-12;/h2-5,8,10,14H,6-7H2,1H3,(H,15,20)(H,16,17,18,19);1H. The number of rotatable bonds is 4. The molecular weight excluding hydrogens is 292 g/mol. The zero-order valence-corrected chi connectivity index (χ0v) is 12.4. The number of carbonyl (C=O) groups excluding carboxylic acids is 1. The number of nitrogens with one attached hydrogen (secondary N) is 3. The number of anilines is 1. The van der Waals surface area contributed by atoms with Crippen LogP contribution in [0.15, 0.2) is 24.3 Å². The first-order chi connectivity index (χ1) is 9.74. The van der Waals surface area contributed by atoms with E-state index >= 15 is 0 Å². The van der Waals surface area contributed by atoms with Gasteiger partial charge in [-0.05, 0) is 48.5 Å². The Morgan fingerprint density at radius 2 is 2.05 bits per heavy atom. The molecule has 0 saturated carbocycles. The van der Waals surface area contributed by atoms with Gasteiger partial charge in [-0.2, -0.15) is 5.21 Å². The van der Waals surface area contributed by atoms with Gasteiger partial charge in [0.15, 0.2) is 0 Å². The van der Waals surface area contributed by atoms with Gasteiger partial charge in [-0.3, -0.25) is 4.79 Å². The van der Waals surface area contributed by atoms with Crippen LogP contribution in [0, 0.1) is 11.8 Å². The second kappa shape index (κ2) is 6.64. The van der Waals surface area contributed by atoms with Crippen molar-refractivity contribution < 1.29 is 4.79 Å². The molecule has 21 heavy (non-hydrogen) atoms. The van der Waals surface area contributed by atoms with Crippen LogP contribution in [0.3, 0.4) is 0 Å². The van der Waals surface area contributed by atoms with E-state index in [4.69, 9.17) is 0 Å². The Balaban J connectivity index is 0.00000161. The lowest BCUT2D eigenvalue weighted by Gasteiger charge is -2.31. The smallest absolute Gasteiger partial charge is 0.227 e. The minimum absolute atomic E-state index is 0. The zero-order valence-electron chi connectivity index (χ0n) is 11.5. The largest absolute Gasteiger partial charge is 0.326 e. The van der Waals surface area contributed by atoms with Crippen LogP contribution in [0.1, 0.15) is 6.92 Å². The van der Waals surface area contributed by atoms with Crippen molar-refractivity contribution in [3.05, 3.63) is 24.3 Å². The SMILES string of the molecule is CC(C(=O)Nc1ccc(-c2nn[nH]n2)cc1)C1CNC1.Cl. The topological polar surface area (TPSA) is 95.6 Å². The number of amides is 1. The van der Waals surface area contributed by atoms with Crippen molar-refractivity contribution in [2.24, 2.45) is 11.8 Å². The maximum Gasteiger partial charge on any atom is 0.227 e. The first-order valence-corrected chi connectivity index (χ1v) is 6.59. The second-order valence-corrected chi connectivity index (χ2v) is 5.01. The maximum absolute atomic E-state index is 12.1. The highest BCUT2D eigenvalue weighted by atomic mass is 35.5. The summed E-state index contributed by atoms with van der Waals surface area (Å²) in [6.45, 7) is 3.81. The maximum atomic E-state index is 12.1. The highest BCUT2D eigenvalue weighted by molar-refractivity contribution is 5.92. The fourth-order valence-corrected chi connectivity index (χ4v) is 2.12. The average molecular weight is 309 g/mol. The summed E-state index contributed by atoms with van der Waals surface area (Å²) in [6.07, 6.45) is 0. The summed E-state index contributed by atoms with van der Waals surface area (Å²) in [5.74, 6) is 1.06. The van der Waals surface area contributed by atoms with Crippen molar-refractivity contribution in [3.63, 3.8) is 0 Å². The summed E-state index contributed by atoms with van der Waals surface area (Å²) in [5.41, 5.74) is 1.63. The van der Waals surface area contributed by atoms with E-state index in [9.17, 15) is 4.79 Å². The van der Waals surface area contributed by atoms with Crippen LogP contribution in [0.25, 0.3) is 11.4 Å². The van der Waals surface area contributed by atoms with Crippen molar-refractivity contribution >= 4 is 24.0 Å². The Bertz CT molecular complexity index is 581. The van der Waals surface area contributed by atoms with E-state index in [0.717, 1.165) is 24.3 Å². The van der Waals surface area contributed by atoms with Crippen molar-refractivity contribution in [2.75, 3.05) is 18.4 Å². The predicted molar refractivity (Wildman–Crippen MR) is 81.0 cm³/mol. The quantitative estimate of drug-likeness (QED) is 0.785. The fourth-order valence-electron chi connectivity index (χ4n) is 2.12. The molecule has 1 atom stereocenters. The lowest BCUT2D eigenvalue weighted by Crippen LogP contribution is -2.48. The second-order valence-electron chi connectivity index (χ2n) is 5.01. The molecule has 2 heterocycles. The number of carbonyl (C=O) groups is 1. The molecule has 1 amide bonds. The molecule has 3 rings (SSSR count). The third-order valence-corrected chi connectivity index (χ3v) is 3.69. The fraction of sp³-hybridized carbons (Fsp3) is 0.385. The van der Waals surface area contributed by atoms with Crippen molar-refractivity contribution in [1.29, 1.82) is 0 Å². The van der Waals surface area contributed by atoms with Crippen LogP contribution in [-0.4, -0.2) is 39.6 Å². The molecule has 1 aromatic carbocycles. The van der Waals surface area contributed by atoms with Gasteiger partial charge in [-0.15, -0.1) is 22.6 Å². The summed E-state index contributed by atoms with van der Waals surface area (Å²) >= 11 is 0. The molecular formula is C13H17ClN6O. The van der Waals surface area contributed by atoms with Crippen LogP contribution in [-0.2, 0) is 4.79 Å². The molecule has 1 aromatic heterocycles. The number of aromatic nitrogens is 4. The average Bonchev–Trinajstić information content (AvgIpc) is 2.91. The first kappa shape index (κ1) is 15.4. The lowest BCUT2D eigenvalue weighted by atomic mass is 9.88. The molecule has 1 fully saturated rings. The van der Waals surface area contributed by atoms with Crippen LogP contribution in [0.4, 0.5) is 5.69 Å². The van der Waals surface area contributed by atoms with Gasteiger partial charge in [0.25, 0.3) is 0 Å². The summed E-state index contributed by atoms with van der Waals surface area (Å²) < 4.78 is 0. The number of nitrogens with zero attached hydrogens (tertiary/aromatic N) is 3. The Morgan fingerprint density at radius 3 is 2.57 bits per heavy atom. The van der Waals surface area contributed by atoms with Crippen LogP contribution >= 0.6 is 12.4 Å². The normalized spacial score (nSPS) is 15.7. The molecule has 112 valence electrons. The van der Waals surface area contributed by atoms with E-state index in [0.29, 0.717) is 11.7 Å². The highest BCUT2D eigenvalue weighted by Crippen LogP contribution is 2.20. The zero-order chi connectivity index (χ0) is 13.9. The molecule has 2 aromatic rings. The van der Waals surface area contributed by atoms with Gasteiger partial charge >= 0.3 is 0 Å². The molecule has 8 heteroatoms. The third-order valence-electron chi connectivity index (χ3n) is 3.69. The lowest BCUT2D eigenvalue weighted by molar-refractivity contribution is -0.121. The van der Waals surface area contributed by atoms with Gasteiger partial charge in [-0.25, -0.2) is 0 Å². The van der Waals surface area contributed by atoms with E-state index in [-0.39, 0.29) is 24.2 Å². The van der Waals surface area contributed by atoms with Gasteiger partial charge in [-0.1, -0.05) is 6.92 Å². The summed E-state index contributed by atoms with van der Waals surface area (Å²) in [4.78, 5) is 12.1. The summed E-state index contributed by atoms with van der Waals surface area (Å²) in [6, 6.07) is 7.40. The molecule has 0 aliphatic carbocycles. The van der Waals surface area contributed by atoms with Gasteiger partial charge in [0.05, 0.1) is 0 Å². The number of halogens is 1. The Labute approximate surface area is 128 Å². The summed E-state index contributed by atoms with van der Waals surface area (Å²) in [5, 5.41) is 19.8. The molecule has 1 saturated heterocycles. The first-order valence-electron chi connectivity index (χ1n) is 6.59. The highest BCUT2D eigenvalue weighted by Gasteiger charge is 2.28.